The highest BCUT2D eigenvalue weighted by Crippen LogP contribution is 2.31. The summed E-state index contributed by atoms with van der Waals surface area (Å²) in [5, 5.41) is 9.54. The summed E-state index contributed by atoms with van der Waals surface area (Å²) in [6.07, 6.45) is 5.28. The van der Waals surface area contributed by atoms with Crippen molar-refractivity contribution in [3.63, 3.8) is 0 Å². The van der Waals surface area contributed by atoms with E-state index >= 15 is 0 Å². The molecule has 1 saturated heterocycles. The van der Waals surface area contributed by atoms with Gasteiger partial charge in [0, 0.05) is 19.7 Å². The fraction of sp³-hybridized carbons (Fsp3) is 0.500. The fourth-order valence-corrected chi connectivity index (χ4v) is 5.13. The van der Waals surface area contributed by atoms with Crippen LogP contribution >= 0.6 is 0 Å². The smallest absolute Gasteiger partial charge is 0.237 e. The van der Waals surface area contributed by atoms with Crippen LogP contribution in [0.4, 0.5) is 0 Å². The summed E-state index contributed by atoms with van der Waals surface area (Å²) in [6.45, 7) is 2.43. The highest BCUT2D eigenvalue weighted by molar-refractivity contribution is 5.79. The van der Waals surface area contributed by atoms with Gasteiger partial charge >= 0.3 is 0 Å². The first-order valence-corrected chi connectivity index (χ1v) is 11.6. The predicted octanol–water partition coefficient (Wildman–Crippen LogP) is 3.63. The van der Waals surface area contributed by atoms with E-state index in [1.807, 2.05) is 36.4 Å². The second-order valence-corrected chi connectivity index (χ2v) is 8.62. The van der Waals surface area contributed by atoms with Crippen LogP contribution in [0.1, 0.15) is 49.3 Å². The van der Waals surface area contributed by atoms with E-state index in [4.69, 9.17) is 4.74 Å². The molecule has 2 aliphatic rings. The molecule has 2 unspecified atom stereocenters. The standard InChI is InChI=1S/C26H34N2O3/c29-18-9-16-27(20-25(30)28-17-19-31-24-15-8-7-14-23(24)28)26(21-10-3-1-4-11-21)22-12-5-2-6-13-22/h1-6,10-13,23-24,26,29H,7-9,14-20H2. The fourth-order valence-electron chi connectivity index (χ4n) is 5.13. The molecule has 2 fully saturated rings. The normalized spacial score (nSPS) is 21.3. The summed E-state index contributed by atoms with van der Waals surface area (Å²) >= 11 is 0. The van der Waals surface area contributed by atoms with Crippen LogP contribution in [0.5, 0.6) is 0 Å². The summed E-state index contributed by atoms with van der Waals surface area (Å²) in [6, 6.07) is 20.9. The second-order valence-electron chi connectivity index (χ2n) is 8.62. The van der Waals surface area contributed by atoms with Gasteiger partial charge in [-0.25, -0.2) is 0 Å². The zero-order valence-electron chi connectivity index (χ0n) is 18.2. The van der Waals surface area contributed by atoms with Crippen molar-refractivity contribution in [2.75, 3.05) is 32.8 Å². The van der Waals surface area contributed by atoms with E-state index in [1.54, 1.807) is 0 Å². The number of nitrogens with zero attached hydrogens (tertiary/aromatic N) is 2. The summed E-state index contributed by atoms with van der Waals surface area (Å²) in [7, 11) is 0. The molecular weight excluding hydrogens is 388 g/mol. The quantitative estimate of drug-likeness (QED) is 0.706. The molecule has 2 aromatic rings. The van der Waals surface area contributed by atoms with E-state index in [1.165, 1.54) is 12.8 Å². The lowest BCUT2D eigenvalue weighted by Gasteiger charge is -2.44. The number of ether oxygens (including phenoxy) is 1. The second kappa shape index (κ2) is 10.9. The Hall–Kier alpha value is -2.21. The third kappa shape index (κ3) is 5.35. The summed E-state index contributed by atoms with van der Waals surface area (Å²) in [5.74, 6) is 0.176. The van der Waals surface area contributed by atoms with E-state index in [0.717, 1.165) is 24.0 Å². The van der Waals surface area contributed by atoms with Gasteiger partial charge in [0.1, 0.15) is 0 Å². The van der Waals surface area contributed by atoms with Gasteiger partial charge in [0.2, 0.25) is 5.91 Å². The van der Waals surface area contributed by atoms with Crippen LogP contribution in [0.3, 0.4) is 0 Å². The molecule has 0 spiro atoms. The third-order valence-electron chi connectivity index (χ3n) is 6.59. The van der Waals surface area contributed by atoms with Crippen molar-refractivity contribution in [1.29, 1.82) is 0 Å². The zero-order valence-corrected chi connectivity index (χ0v) is 18.2. The maximum atomic E-state index is 13.6. The molecule has 31 heavy (non-hydrogen) atoms. The molecule has 0 bridgehead atoms. The van der Waals surface area contributed by atoms with Crippen molar-refractivity contribution >= 4 is 5.91 Å². The number of amides is 1. The summed E-state index contributed by atoms with van der Waals surface area (Å²) in [4.78, 5) is 17.9. The number of hydrogen-bond donors (Lipinski definition) is 1. The number of benzene rings is 2. The van der Waals surface area contributed by atoms with Gasteiger partial charge in [-0.15, -0.1) is 0 Å². The lowest BCUT2D eigenvalue weighted by atomic mass is 9.90. The van der Waals surface area contributed by atoms with Gasteiger partial charge in [-0.1, -0.05) is 73.5 Å². The molecule has 5 nitrogen and oxygen atoms in total. The van der Waals surface area contributed by atoms with Crippen LogP contribution in [-0.2, 0) is 9.53 Å². The molecule has 2 aromatic carbocycles. The minimum Gasteiger partial charge on any atom is -0.396 e. The molecule has 1 saturated carbocycles. The predicted molar refractivity (Wildman–Crippen MR) is 122 cm³/mol. The SMILES string of the molecule is O=C(CN(CCCO)C(c1ccccc1)c1ccccc1)N1CCOC2CCCCC21. The molecule has 5 heteroatoms. The van der Waals surface area contributed by atoms with Crippen LogP contribution in [0.2, 0.25) is 0 Å². The van der Waals surface area contributed by atoms with Crippen LogP contribution in [-0.4, -0.2) is 65.8 Å². The lowest BCUT2D eigenvalue weighted by molar-refractivity contribution is -0.151. The number of fused-ring (bicyclic) bond motifs is 1. The molecule has 0 aromatic heterocycles. The third-order valence-corrected chi connectivity index (χ3v) is 6.59. The minimum absolute atomic E-state index is 0.0268. The van der Waals surface area contributed by atoms with Gasteiger partial charge in [0.25, 0.3) is 0 Å². The van der Waals surface area contributed by atoms with Gasteiger partial charge in [0.15, 0.2) is 0 Å². The zero-order chi connectivity index (χ0) is 21.5. The molecule has 1 aliphatic heterocycles. The van der Waals surface area contributed by atoms with E-state index in [0.29, 0.717) is 32.7 Å². The Bertz CT molecular complexity index is 772. The van der Waals surface area contributed by atoms with E-state index in [-0.39, 0.29) is 30.7 Å². The first kappa shape index (κ1) is 22.0. The number of carbonyl (C=O) groups is 1. The summed E-state index contributed by atoms with van der Waals surface area (Å²) < 4.78 is 5.98. The number of morpholine rings is 1. The first-order valence-electron chi connectivity index (χ1n) is 11.6. The van der Waals surface area contributed by atoms with Crippen molar-refractivity contribution in [2.45, 2.75) is 50.3 Å². The Labute approximate surface area is 185 Å². The molecular formula is C26H34N2O3. The molecule has 4 rings (SSSR count). The number of hydrogen-bond acceptors (Lipinski definition) is 4. The Balaban J connectivity index is 1.59. The van der Waals surface area contributed by atoms with Gasteiger partial charge < -0.3 is 14.7 Å². The summed E-state index contributed by atoms with van der Waals surface area (Å²) in [5.41, 5.74) is 2.33. The van der Waals surface area contributed by atoms with Gasteiger partial charge in [-0.05, 0) is 30.4 Å². The monoisotopic (exact) mass is 422 g/mol. The number of aliphatic hydroxyl groups excluding tert-OH is 1. The highest BCUT2D eigenvalue weighted by atomic mass is 16.5. The van der Waals surface area contributed by atoms with Crippen LogP contribution in [0.15, 0.2) is 60.7 Å². The molecule has 1 heterocycles. The van der Waals surface area contributed by atoms with Crippen molar-refractivity contribution in [2.24, 2.45) is 0 Å². The maximum Gasteiger partial charge on any atom is 0.237 e. The van der Waals surface area contributed by atoms with E-state index < -0.39 is 0 Å². The molecule has 0 radical (unpaired) electrons. The van der Waals surface area contributed by atoms with Gasteiger partial charge in [-0.3, -0.25) is 9.69 Å². The molecule has 1 amide bonds. The number of carbonyl (C=O) groups excluding carboxylic acids is 1. The maximum absolute atomic E-state index is 13.6. The van der Waals surface area contributed by atoms with Crippen molar-refractivity contribution < 1.29 is 14.6 Å². The van der Waals surface area contributed by atoms with E-state index in [2.05, 4.69) is 34.1 Å². The average Bonchev–Trinajstić information content (AvgIpc) is 2.83. The van der Waals surface area contributed by atoms with Crippen molar-refractivity contribution in [3.05, 3.63) is 71.8 Å². The Morgan fingerprint density at radius 1 is 1.03 bits per heavy atom. The molecule has 1 N–H and O–H groups in total. The van der Waals surface area contributed by atoms with Crippen molar-refractivity contribution in [1.82, 2.24) is 9.80 Å². The Morgan fingerprint density at radius 2 is 1.68 bits per heavy atom. The Kier molecular flexibility index (Phi) is 7.73. The van der Waals surface area contributed by atoms with E-state index in [9.17, 15) is 9.90 Å². The Morgan fingerprint density at radius 3 is 2.32 bits per heavy atom. The van der Waals surface area contributed by atoms with Crippen molar-refractivity contribution in [3.8, 4) is 0 Å². The largest absolute Gasteiger partial charge is 0.396 e. The molecule has 2 atom stereocenters. The molecule has 1 aliphatic carbocycles. The minimum atomic E-state index is -0.0268. The van der Waals surface area contributed by atoms with Crippen LogP contribution < -0.4 is 0 Å². The number of aliphatic hydroxyl groups is 1. The first-order chi connectivity index (χ1) is 15.3. The average molecular weight is 423 g/mol. The van der Waals surface area contributed by atoms with Gasteiger partial charge in [0.05, 0.1) is 31.3 Å². The van der Waals surface area contributed by atoms with Crippen LogP contribution in [0.25, 0.3) is 0 Å². The van der Waals surface area contributed by atoms with Gasteiger partial charge in [-0.2, -0.15) is 0 Å². The lowest BCUT2D eigenvalue weighted by Crippen LogP contribution is -2.57. The van der Waals surface area contributed by atoms with Crippen LogP contribution in [0, 0.1) is 0 Å². The topological polar surface area (TPSA) is 53.0 Å². The number of rotatable bonds is 8. The highest BCUT2D eigenvalue weighted by Gasteiger charge is 2.37. The molecule has 166 valence electrons.